The van der Waals surface area contributed by atoms with E-state index in [9.17, 15) is 0 Å². The smallest absolute Gasteiger partial charge is 0.0593 e. The molecule has 0 atom stereocenters. The Morgan fingerprint density at radius 3 is 2.63 bits per heavy atom. The summed E-state index contributed by atoms with van der Waals surface area (Å²) in [7, 11) is 0. The normalized spacial score (nSPS) is 16.7. The molecule has 0 aliphatic carbocycles. The molecule has 0 aromatic heterocycles. The van der Waals surface area contributed by atoms with E-state index in [0.717, 1.165) is 52.4 Å². The molecule has 3 heteroatoms. The Labute approximate surface area is 116 Å². The Morgan fingerprint density at radius 1 is 1.11 bits per heavy atom. The van der Waals surface area contributed by atoms with Crippen molar-refractivity contribution in [1.29, 1.82) is 0 Å². The maximum absolute atomic E-state index is 5.75. The molecule has 0 amide bonds. The van der Waals surface area contributed by atoms with Crippen molar-refractivity contribution >= 4 is 0 Å². The third kappa shape index (κ3) is 4.94. The first-order chi connectivity index (χ1) is 9.25. The fourth-order valence-corrected chi connectivity index (χ4v) is 2.38. The number of hydrogen-bond acceptors (Lipinski definition) is 3. The summed E-state index contributed by atoms with van der Waals surface area (Å²) in [4.78, 5) is 2.46. The Hall–Kier alpha value is -0.900. The highest BCUT2D eigenvalue weighted by Crippen LogP contribution is 2.10. The molecule has 106 valence electrons. The fourth-order valence-electron chi connectivity index (χ4n) is 2.38. The van der Waals surface area contributed by atoms with Gasteiger partial charge in [-0.2, -0.15) is 0 Å². The maximum Gasteiger partial charge on any atom is 0.0593 e. The number of benzene rings is 1. The summed E-state index contributed by atoms with van der Waals surface area (Å²) in [6.07, 6.45) is 1.02. The van der Waals surface area contributed by atoms with E-state index >= 15 is 0 Å². The average molecular weight is 262 g/mol. The molecule has 1 saturated heterocycles. The highest BCUT2D eigenvalue weighted by Gasteiger charge is 2.08. The second-order valence-corrected chi connectivity index (χ2v) is 5.37. The topological polar surface area (TPSA) is 24.5 Å². The van der Waals surface area contributed by atoms with Crippen LogP contribution in [0.2, 0.25) is 0 Å². The molecule has 0 saturated carbocycles. The lowest BCUT2D eigenvalue weighted by molar-refractivity contribution is 0.101. The molecular formula is C16H26N2O. The van der Waals surface area contributed by atoms with E-state index in [1.165, 1.54) is 16.7 Å². The highest BCUT2D eigenvalue weighted by atomic mass is 16.5. The second-order valence-electron chi connectivity index (χ2n) is 5.37. The number of rotatable bonds is 6. The van der Waals surface area contributed by atoms with Gasteiger partial charge in [0.05, 0.1) is 13.2 Å². The third-order valence-electron chi connectivity index (χ3n) is 3.87. The third-order valence-corrected chi connectivity index (χ3v) is 3.87. The Morgan fingerprint density at radius 2 is 1.89 bits per heavy atom. The lowest BCUT2D eigenvalue weighted by Crippen LogP contribution is -2.44. The number of nitrogens with zero attached hydrogens (tertiary/aromatic N) is 1. The molecule has 1 aliphatic heterocycles. The predicted molar refractivity (Wildman–Crippen MR) is 79.7 cm³/mol. The summed E-state index contributed by atoms with van der Waals surface area (Å²) in [5.41, 5.74) is 4.12. The van der Waals surface area contributed by atoms with Gasteiger partial charge in [0.1, 0.15) is 0 Å². The van der Waals surface area contributed by atoms with Crippen LogP contribution in [0.5, 0.6) is 0 Å². The Bertz CT molecular complexity index is 386. The van der Waals surface area contributed by atoms with Crippen LogP contribution in [0, 0.1) is 13.8 Å². The summed E-state index contributed by atoms with van der Waals surface area (Å²) in [6, 6.07) is 6.68. The minimum Gasteiger partial charge on any atom is -0.380 e. The van der Waals surface area contributed by atoms with Crippen LogP contribution in [0.15, 0.2) is 18.2 Å². The molecule has 2 rings (SSSR count). The zero-order valence-corrected chi connectivity index (χ0v) is 12.2. The van der Waals surface area contributed by atoms with Crippen molar-refractivity contribution in [3.8, 4) is 0 Å². The minimum atomic E-state index is 0.828. The molecule has 1 aromatic carbocycles. The quantitative estimate of drug-likeness (QED) is 0.791. The largest absolute Gasteiger partial charge is 0.380 e. The molecule has 19 heavy (non-hydrogen) atoms. The van der Waals surface area contributed by atoms with Crippen LogP contribution < -0.4 is 5.32 Å². The highest BCUT2D eigenvalue weighted by molar-refractivity contribution is 5.29. The van der Waals surface area contributed by atoms with Crippen molar-refractivity contribution < 1.29 is 4.74 Å². The minimum absolute atomic E-state index is 0.828. The van der Waals surface area contributed by atoms with Gasteiger partial charge in [-0.3, -0.25) is 4.90 Å². The van der Waals surface area contributed by atoms with Crippen LogP contribution in [0.4, 0.5) is 0 Å². The van der Waals surface area contributed by atoms with Crippen LogP contribution >= 0.6 is 0 Å². The molecule has 3 nitrogen and oxygen atoms in total. The summed E-state index contributed by atoms with van der Waals surface area (Å²) >= 11 is 0. The van der Waals surface area contributed by atoms with Gasteiger partial charge >= 0.3 is 0 Å². The van der Waals surface area contributed by atoms with Gasteiger partial charge in [0.2, 0.25) is 0 Å². The number of hydrogen-bond donors (Lipinski definition) is 1. The average Bonchev–Trinajstić information content (AvgIpc) is 2.43. The lowest BCUT2D eigenvalue weighted by atomic mass is 10.0. The van der Waals surface area contributed by atoms with Crippen molar-refractivity contribution in [2.75, 3.05) is 45.9 Å². The monoisotopic (exact) mass is 262 g/mol. The standard InChI is InChI=1S/C16H26N2O/c1-14-3-4-16(13-15(14)2)5-11-19-12-10-18-8-6-17-7-9-18/h3-4,13,17H,5-12H2,1-2H3. The summed E-state index contributed by atoms with van der Waals surface area (Å²) < 4.78 is 5.75. The lowest BCUT2D eigenvalue weighted by Gasteiger charge is -2.26. The molecule has 1 N–H and O–H groups in total. The van der Waals surface area contributed by atoms with Crippen LogP contribution in [-0.4, -0.2) is 50.8 Å². The van der Waals surface area contributed by atoms with E-state index in [2.05, 4.69) is 42.3 Å². The van der Waals surface area contributed by atoms with Gasteiger partial charge in [-0.05, 0) is 37.0 Å². The molecule has 1 aliphatic rings. The summed E-state index contributed by atoms with van der Waals surface area (Å²) in [6.45, 7) is 11.6. The van der Waals surface area contributed by atoms with Crippen LogP contribution in [0.25, 0.3) is 0 Å². The van der Waals surface area contributed by atoms with E-state index in [0.29, 0.717) is 0 Å². The molecule has 1 heterocycles. The van der Waals surface area contributed by atoms with Gasteiger partial charge in [-0.25, -0.2) is 0 Å². The molecular weight excluding hydrogens is 236 g/mol. The van der Waals surface area contributed by atoms with E-state index in [1.54, 1.807) is 0 Å². The van der Waals surface area contributed by atoms with Crippen molar-refractivity contribution in [1.82, 2.24) is 10.2 Å². The van der Waals surface area contributed by atoms with Crippen molar-refractivity contribution in [3.63, 3.8) is 0 Å². The van der Waals surface area contributed by atoms with Crippen molar-refractivity contribution in [3.05, 3.63) is 34.9 Å². The van der Waals surface area contributed by atoms with E-state index < -0.39 is 0 Å². The van der Waals surface area contributed by atoms with Crippen molar-refractivity contribution in [2.45, 2.75) is 20.3 Å². The summed E-state index contributed by atoms with van der Waals surface area (Å²) in [5.74, 6) is 0. The van der Waals surface area contributed by atoms with Crippen LogP contribution in [0.1, 0.15) is 16.7 Å². The molecule has 0 spiro atoms. The number of piperazine rings is 1. The van der Waals surface area contributed by atoms with Gasteiger partial charge in [0.15, 0.2) is 0 Å². The van der Waals surface area contributed by atoms with Crippen molar-refractivity contribution in [2.24, 2.45) is 0 Å². The number of ether oxygens (including phenoxy) is 1. The van der Waals surface area contributed by atoms with E-state index in [4.69, 9.17) is 4.74 Å². The Balaban J connectivity index is 1.59. The maximum atomic E-state index is 5.75. The summed E-state index contributed by atoms with van der Waals surface area (Å²) in [5, 5.41) is 3.37. The van der Waals surface area contributed by atoms with Gasteiger partial charge in [0, 0.05) is 32.7 Å². The molecule has 1 aromatic rings. The first-order valence-electron chi connectivity index (χ1n) is 7.32. The van der Waals surface area contributed by atoms with E-state index in [-0.39, 0.29) is 0 Å². The van der Waals surface area contributed by atoms with E-state index in [1.807, 2.05) is 0 Å². The predicted octanol–water partition coefficient (Wildman–Crippen LogP) is 1.77. The van der Waals surface area contributed by atoms with Gasteiger partial charge in [-0.1, -0.05) is 18.2 Å². The van der Waals surface area contributed by atoms with Gasteiger partial charge in [-0.15, -0.1) is 0 Å². The molecule has 1 fully saturated rings. The Kier molecular flexibility index (Phi) is 5.83. The molecule has 0 bridgehead atoms. The molecule has 0 radical (unpaired) electrons. The SMILES string of the molecule is Cc1ccc(CCOCCN2CCNCC2)cc1C. The van der Waals surface area contributed by atoms with Gasteiger partial charge in [0.25, 0.3) is 0 Å². The van der Waals surface area contributed by atoms with Crippen LogP contribution in [-0.2, 0) is 11.2 Å². The zero-order chi connectivity index (χ0) is 13.5. The molecule has 0 unspecified atom stereocenters. The number of aryl methyl sites for hydroxylation is 2. The first kappa shape index (κ1) is 14.5. The second kappa shape index (κ2) is 7.63. The number of nitrogens with one attached hydrogen (secondary N) is 1. The fraction of sp³-hybridized carbons (Fsp3) is 0.625. The first-order valence-corrected chi connectivity index (χ1v) is 7.32. The zero-order valence-electron chi connectivity index (χ0n) is 12.2. The van der Waals surface area contributed by atoms with Gasteiger partial charge < -0.3 is 10.1 Å². The van der Waals surface area contributed by atoms with Crippen LogP contribution in [0.3, 0.4) is 0 Å².